The molecular weight excluding hydrogens is 108 g/mol. The molecule has 0 bridgehead atoms. The molecule has 0 amide bonds. The minimum Gasteiger partial charge on any atom is -0.0651 e. The molecule has 0 aliphatic heterocycles. The maximum absolute atomic E-state index is 2.40. The molecule has 2 fully saturated rings. The average Bonchev–Trinajstić information content (AvgIpc) is 2.30. The normalized spacial score (nSPS) is 55.3. The van der Waals surface area contributed by atoms with Crippen LogP contribution in [0.5, 0.6) is 0 Å². The zero-order valence-electron chi connectivity index (χ0n) is 6.43. The van der Waals surface area contributed by atoms with E-state index in [0.717, 1.165) is 11.8 Å². The molecule has 0 aromatic heterocycles. The number of fused-ring (bicyclic) bond motifs is 1. The summed E-state index contributed by atoms with van der Waals surface area (Å²) in [5, 5.41) is 0. The van der Waals surface area contributed by atoms with Crippen molar-refractivity contribution in [1.82, 2.24) is 0 Å². The fourth-order valence-corrected chi connectivity index (χ4v) is 2.85. The van der Waals surface area contributed by atoms with Crippen LogP contribution in [0.25, 0.3) is 0 Å². The van der Waals surface area contributed by atoms with Gasteiger partial charge in [-0.05, 0) is 36.5 Å². The van der Waals surface area contributed by atoms with Crippen molar-refractivity contribution in [2.24, 2.45) is 23.7 Å². The van der Waals surface area contributed by atoms with Gasteiger partial charge in [-0.2, -0.15) is 0 Å². The zero-order valence-corrected chi connectivity index (χ0v) is 6.43. The van der Waals surface area contributed by atoms with E-state index in [1.165, 1.54) is 18.3 Å². The molecule has 2 atom stereocenters. The van der Waals surface area contributed by atoms with Crippen LogP contribution in [0.1, 0.15) is 33.1 Å². The van der Waals surface area contributed by atoms with Crippen LogP contribution in [0.4, 0.5) is 0 Å². The third-order valence-electron chi connectivity index (χ3n) is 3.33. The maximum Gasteiger partial charge on any atom is -0.0349 e. The van der Waals surface area contributed by atoms with Crippen molar-refractivity contribution in [1.29, 1.82) is 0 Å². The van der Waals surface area contributed by atoms with Crippen molar-refractivity contribution >= 4 is 0 Å². The van der Waals surface area contributed by atoms with Crippen molar-refractivity contribution in [3.8, 4) is 0 Å². The summed E-state index contributed by atoms with van der Waals surface area (Å²) >= 11 is 0. The monoisotopic (exact) mass is 124 g/mol. The lowest BCUT2D eigenvalue weighted by Crippen LogP contribution is -1.94. The van der Waals surface area contributed by atoms with E-state index in [9.17, 15) is 0 Å². The molecule has 9 heavy (non-hydrogen) atoms. The van der Waals surface area contributed by atoms with Crippen molar-refractivity contribution in [3.63, 3.8) is 0 Å². The van der Waals surface area contributed by atoms with E-state index in [1.54, 1.807) is 12.8 Å². The summed E-state index contributed by atoms with van der Waals surface area (Å²) in [6.07, 6.45) is 4.54. The molecule has 0 saturated heterocycles. The van der Waals surface area contributed by atoms with Crippen LogP contribution in [0.3, 0.4) is 0 Å². The van der Waals surface area contributed by atoms with Crippen LogP contribution in [-0.2, 0) is 0 Å². The van der Waals surface area contributed by atoms with Crippen molar-refractivity contribution in [2.75, 3.05) is 0 Å². The molecule has 2 aliphatic rings. The molecule has 2 rings (SSSR count). The summed E-state index contributed by atoms with van der Waals surface area (Å²) in [5.74, 6) is 4.55. The Morgan fingerprint density at radius 3 is 2.22 bits per heavy atom. The van der Waals surface area contributed by atoms with Gasteiger partial charge in [0.1, 0.15) is 0 Å². The standard InChI is InChI=1S/C9H16/c1-3-7-8-4-6(2)5-9(7)8/h6-9H,3-5H2,1-2H3. The second-order valence-electron chi connectivity index (χ2n) is 3.98. The smallest absolute Gasteiger partial charge is 0.0349 e. The molecule has 0 aromatic rings. The Morgan fingerprint density at radius 2 is 1.78 bits per heavy atom. The van der Waals surface area contributed by atoms with Gasteiger partial charge in [-0.3, -0.25) is 0 Å². The lowest BCUT2D eigenvalue weighted by molar-refractivity contribution is 0.465. The van der Waals surface area contributed by atoms with E-state index in [2.05, 4.69) is 13.8 Å². The minimum atomic E-state index is 1.06. The van der Waals surface area contributed by atoms with Gasteiger partial charge in [0.05, 0.1) is 0 Å². The molecule has 0 radical (unpaired) electrons. The van der Waals surface area contributed by atoms with Gasteiger partial charge < -0.3 is 0 Å². The second kappa shape index (κ2) is 1.74. The topological polar surface area (TPSA) is 0 Å². The Kier molecular flexibility index (Phi) is 1.12. The number of hydrogen-bond acceptors (Lipinski definition) is 0. The zero-order chi connectivity index (χ0) is 6.43. The fraction of sp³-hybridized carbons (Fsp3) is 1.00. The molecular formula is C9H16. The van der Waals surface area contributed by atoms with Gasteiger partial charge in [0.15, 0.2) is 0 Å². The second-order valence-corrected chi connectivity index (χ2v) is 3.98. The fourth-order valence-electron chi connectivity index (χ4n) is 2.85. The summed E-state index contributed by atoms with van der Waals surface area (Å²) in [4.78, 5) is 0. The first kappa shape index (κ1) is 5.76. The van der Waals surface area contributed by atoms with E-state index in [0.29, 0.717) is 0 Å². The van der Waals surface area contributed by atoms with E-state index >= 15 is 0 Å². The van der Waals surface area contributed by atoms with Gasteiger partial charge >= 0.3 is 0 Å². The van der Waals surface area contributed by atoms with Crippen LogP contribution in [0, 0.1) is 23.7 Å². The molecule has 2 aliphatic carbocycles. The van der Waals surface area contributed by atoms with E-state index in [-0.39, 0.29) is 0 Å². The lowest BCUT2D eigenvalue weighted by Gasteiger charge is -2.04. The van der Waals surface area contributed by atoms with Crippen LogP contribution >= 0.6 is 0 Å². The minimum absolute atomic E-state index is 1.06. The molecule has 0 heteroatoms. The van der Waals surface area contributed by atoms with E-state index in [1.807, 2.05) is 0 Å². The van der Waals surface area contributed by atoms with Gasteiger partial charge in [-0.15, -0.1) is 0 Å². The number of hydrogen-bond donors (Lipinski definition) is 0. The SMILES string of the molecule is CCC1C2CC(C)CC12. The van der Waals surface area contributed by atoms with Crippen LogP contribution in [0.15, 0.2) is 0 Å². The maximum atomic E-state index is 2.40. The largest absolute Gasteiger partial charge is 0.0651 e. The predicted molar refractivity (Wildman–Crippen MR) is 39.2 cm³/mol. The highest BCUT2D eigenvalue weighted by Gasteiger charge is 2.53. The van der Waals surface area contributed by atoms with E-state index < -0.39 is 0 Å². The van der Waals surface area contributed by atoms with Crippen LogP contribution < -0.4 is 0 Å². The first-order valence-corrected chi connectivity index (χ1v) is 4.33. The van der Waals surface area contributed by atoms with Gasteiger partial charge in [0.2, 0.25) is 0 Å². The first-order chi connectivity index (χ1) is 4.33. The van der Waals surface area contributed by atoms with Gasteiger partial charge in [-0.25, -0.2) is 0 Å². The highest BCUT2D eigenvalue weighted by Crippen LogP contribution is 2.60. The third-order valence-corrected chi connectivity index (χ3v) is 3.33. The number of rotatable bonds is 1. The summed E-state index contributed by atoms with van der Waals surface area (Å²) in [5.41, 5.74) is 0. The molecule has 2 saturated carbocycles. The molecule has 0 nitrogen and oxygen atoms in total. The lowest BCUT2D eigenvalue weighted by atomic mass is 10.0. The Hall–Kier alpha value is 0. The van der Waals surface area contributed by atoms with Crippen LogP contribution in [-0.4, -0.2) is 0 Å². The summed E-state index contributed by atoms with van der Waals surface area (Å²) in [6, 6.07) is 0. The van der Waals surface area contributed by atoms with Gasteiger partial charge in [0, 0.05) is 0 Å². The summed E-state index contributed by atoms with van der Waals surface area (Å²) in [7, 11) is 0. The van der Waals surface area contributed by atoms with Crippen molar-refractivity contribution in [2.45, 2.75) is 33.1 Å². The average molecular weight is 124 g/mol. The van der Waals surface area contributed by atoms with Crippen LogP contribution in [0.2, 0.25) is 0 Å². The third kappa shape index (κ3) is 0.720. The predicted octanol–water partition coefficient (Wildman–Crippen LogP) is 2.69. The quantitative estimate of drug-likeness (QED) is 0.504. The Bertz CT molecular complexity index is 105. The first-order valence-electron chi connectivity index (χ1n) is 4.33. The molecule has 0 heterocycles. The molecule has 0 N–H and O–H groups in total. The highest BCUT2D eigenvalue weighted by molar-refractivity contribution is 5.02. The summed E-state index contributed by atoms with van der Waals surface area (Å²) < 4.78 is 0. The van der Waals surface area contributed by atoms with Crippen molar-refractivity contribution in [3.05, 3.63) is 0 Å². The Morgan fingerprint density at radius 1 is 1.22 bits per heavy atom. The van der Waals surface area contributed by atoms with E-state index in [4.69, 9.17) is 0 Å². The summed E-state index contributed by atoms with van der Waals surface area (Å²) in [6.45, 7) is 4.74. The Balaban J connectivity index is 1.91. The Labute approximate surface area is 57.6 Å². The van der Waals surface area contributed by atoms with Gasteiger partial charge in [0.25, 0.3) is 0 Å². The van der Waals surface area contributed by atoms with Gasteiger partial charge in [-0.1, -0.05) is 20.3 Å². The molecule has 2 unspecified atom stereocenters. The van der Waals surface area contributed by atoms with Crippen molar-refractivity contribution < 1.29 is 0 Å². The highest BCUT2D eigenvalue weighted by atomic mass is 14.6. The molecule has 52 valence electrons. The molecule has 0 spiro atoms. The molecule has 0 aromatic carbocycles.